The summed E-state index contributed by atoms with van der Waals surface area (Å²) < 4.78 is 31.6. The maximum absolute atomic E-state index is 12.7. The van der Waals surface area contributed by atoms with Gasteiger partial charge in [-0.1, -0.05) is 60.7 Å². The average Bonchev–Trinajstić information content (AvgIpc) is 3.21. The molecule has 0 aromatic heterocycles. The molecule has 0 aliphatic heterocycles. The van der Waals surface area contributed by atoms with Crippen LogP contribution in [-0.4, -0.2) is 68.8 Å². The fourth-order valence-corrected chi connectivity index (χ4v) is 5.18. The van der Waals surface area contributed by atoms with Crippen LogP contribution in [0.15, 0.2) is 109 Å². The van der Waals surface area contributed by atoms with Crippen molar-refractivity contribution in [3.63, 3.8) is 0 Å². The summed E-state index contributed by atoms with van der Waals surface area (Å²) in [6.45, 7) is 14.9. The van der Waals surface area contributed by atoms with Crippen LogP contribution in [0, 0.1) is 20.2 Å². The number of benzene rings is 4. The van der Waals surface area contributed by atoms with Gasteiger partial charge in [0, 0.05) is 35.9 Å². The van der Waals surface area contributed by atoms with Crippen molar-refractivity contribution in [1.29, 1.82) is 0 Å². The van der Waals surface area contributed by atoms with E-state index in [0.717, 1.165) is 11.1 Å². The minimum absolute atomic E-state index is 0.0392. The molecule has 0 saturated heterocycles. The number of halogens is 1. The molecule has 0 bridgehead atoms. The third-order valence-electron chi connectivity index (χ3n) is 7.81. The Labute approximate surface area is 370 Å². The van der Waals surface area contributed by atoms with Gasteiger partial charge in [-0.25, -0.2) is 14.4 Å². The normalized spacial score (nSPS) is 12.8. The Kier molecular flexibility index (Phi) is 21.3. The van der Waals surface area contributed by atoms with E-state index in [1.54, 1.807) is 13.8 Å². The summed E-state index contributed by atoms with van der Waals surface area (Å²) in [4.78, 5) is 66.9. The van der Waals surface area contributed by atoms with Crippen LogP contribution in [0.25, 0.3) is 0 Å². The van der Waals surface area contributed by atoms with Gasteiger partial charge in [-0.2, -0.15) is 0 Å². The number of nitro benzene ring substituents is 2. The molecule has 0 saturated carbocycles. The average molecular weight is 897 g/mol. The summed E-state index contributed by atoms with van der Waals surface area (Å²) in [5, 5.41) is 23.4. The lowest BCUT2D eigenvalue weighted by molar-refractivity contribution is -0.385. The third-order valence-corrected chi connectivity index (χ3v) is 7.88. The van der Waals surface area contributed by atoms with Crippen molar-refractivity contribution in [2.45, 2.75) is 104 Å². The van der Waals surface area contributed by atoms with E-state index in [4.69, 9.17) is 41.0 Å². The number of nitrogens with one attached hydrogen (secondary N) is 1. The zero-order valence-electron chi connectivity index (χ0n) is 36.2. The van der Waals surface area contributed by atoms with Crippen LogP contribution >= 0.6 is 11.6 Å². The molecule has 3 N–H and O–H groups in total. The second-order valence-electron chi connectivity index (χ2n) is 15.4. The Balaban J connectivity index is 0.000000361. The van der Waals surface area contributed by atoms with Crippen molar-refractivity contribution in [2.75, 3.05) is 0 Å². The molecule has 0 aliphatic rings. The van der Waals surface area contributed by atoms with Crippen molar-refractivity contribution in [3.05, 3.63) is 141 Å². The van der Waals surface area contributed by atoms with E-state index < -0.39 is 57.1 Å². The smallest absolute Gasteiger partial charge is 0.413 e. The molecule has 4 aromatic carbocycles. The Morgan fingerprint density at radius 3 is 1.38 bits per heavy atom. The lowest BCUT2D eigenvalue weighted by Crippen LogP contribution is -2.51. The van der Waals surface area contributed by atoms with Crippen LogP contribution < -0.4 is 20.5 Å². The van der Waals surface area contributed by atoms with E-state index in [2.05, 4.69) is 10.1 Å². The van der Waals surface area contributed by atoms with Gasteiger partial charge in [-0.05, 0) is 90.8 Å². The highest BCUT2D eigenvalue weighted by atomic mass is 35.5. The van der Waals surface area contributed by atoms with Crippen LogP contribution in [0.5, 0.6) is 11.5 Å². The van der Waals surface area contributed by atoms with Crippen LogP contribution in [0.4, 0.5) is 21.0 Å². The van der Waals surface area contributed by atoms with Gasteiger partial charge < -0.3 is 39.5 Å². The maximum atomic E-state index is 12.7. The summed E-state index contributed by atoms with van der Waals surface area (Å²) in [6, 6.07) is 26.7. The number of nitrogens with two attached hydrogens (primary N) is 1. The molecule has 63 heavy (non-hydrogen) atoms. The molecule has 0 aliphatic carbocycles. The van der Waals surface area contributed by atoms with Gasteiger partial charge in [0.15, 0.2) is 6.04 Å². The molecule has 1 amide bonds. The summed E-state index contributed by atoms with van der Waals surface area (Å²) >= 11 is 4.92. The fourth-order valence-electron chi connectivity index (χ4n) is 5.09. The van der Waals surface area contributed by atoms with E-state index in [0.29, 0.717) is 0 Å². The summed E-state index contributed by atoms with van der Waals surface area (Å²) in [5.74, 6) is -0.864. The third kappa shape index (κ3) is 21.8. The first-order chi connectivity index (χ1) is 29.4. The Morgan fingerprint density at radius 1 is 0.619 bits per heavy atom. The Bertz CT molecular complexity index is 2080. The molecular weight excluding hydrogens is 844 g/mol. The number of carbonyl (C=O) groups is 4. The topological polar surface area (TPSA) is 248 Å². The van der Waals surface area contributed by atoms with Gasteiger partial charge in [0.25, 0.3) is 11.4 Å². The molecular formula is C44H53ClN4O14. The molecule has 0 radical (unpaired) electrons. The van der Waals surface area contributed by atoms with E-state index >= 15 is 0 Å². The van der Waals surface area contributed by atoms with Gasteiger partial charge in [0.1, 0.15) is 30.8 Å². The lowest BCUT2D eigenvalue weighted by atomic mass is 10.1. The number of carbonyl (C=O) groups excluding carboxylic acids is 4. The number of ether oxygens (including phenoxy) is 6. The minimum atomic E-state index is -1.13. The second kappa shape index (κ2) is 25.5. The highest BCUT2D eigenvalue weighted by molar-refractivity contribution is 6.61. The first-order valence-corrected chi connectivity index (χ1v) is 19.7. The number of esters is 2. The van der Waals surface area contributed by atoms with Gasteiger partial charge in [-0.15, -0.1) is 0 Å². The van der Waals surface area contributed by atoms with Gasteiger partial charge in [0.2, 0.25) is 0 Å². The number of nitrogens with zero attached hydrogens (tertiary/aromatic N) is 2. The predicted octanol–water partition coefficient (Wildman–Crippen LogP) is 8.59. The van der Waals surface area contributed by atoms with Crippen LogP contribution in [0.3, 0.4) is 0 Å². The number of nitro groups is 2. The molecule has 19 heteroatoms. The van der Waals surface area contributed by atoms with Crippen LogP contribution in [-0.2, 0) is 41.8 Å². The van der Waals surface area contributed by atoms with Crippen molar-refractivity contribution in [2.24, 2.45) is 5.73 Å². The highest BCUT2D eigenvalue weighted by Gasteiger charge is 2.33. The lowest BCUT2D eigenvalue weighted by Gasteiger charge is -2.30. The monoisotopic (exact) mass is 896 g/mol. The fraction of sp³-hybridized carbons (Fsp3) is 0.364. The van der Waals surface area contributed by atoms with Gasteiger partial charge in [0.05, 0.1) is 33.3 Å². The summed E-state index contributed by atoms with van der Waals surface area (Å²) in [7, 11) is 0. The highest BCUT2D eigenvalue weighted by Crippen LogP contribution is 2.20. The molecule has 0 fully saturated rings. The SMILES string of the molecule is CC(OC(C)(C)C)C(N)C(=O)OCc1ccccc1.CC(OC(C)(C)C)C(NC(=O)Oc1ccc([N+](=O)[O-])cc1)C(=O)OCc1ccccc1.O=C(Cl)Oc1ccc([N+](=O)[O-])cc1. The first kappa shape index (κ1) is 52.7. The Morgan fingerprint density at radius 2 is 1.00 bits per heavy atom. The number of rotatable bonds is 15. The number of non-ortho nitro benzene ring substituents is 2. The molecule has 340 valence electrons. The van der Waals surface area contributed by atoms with Crippen molar-refractivity contribution in [1.82, 2.24) is 5.32 Å². The zero-order chi connectivity index (χ0) is 47.3. The van der Waals surface area contributed by atoms with Crippen molar-refractivity contribution >= 4 is 46.4 Å². The van der Waals surface area contributed by atoms with Gasteiger partial charge in [-0.3, -0.25) is 25.0 Å². The van der Waals surface area contributed by atoms with E-state index in [1.807, 2.05) is 102 Å². The van der Waals surface area contributed by atoms with Crippen molar-refractivity contribution < 1.29 is 57.4 Å². The first-order valence-electron chi connectivity index (χ1n) is 19.3. The molecule has 18 nitrogen and oxygen atoms in total. The van der Waals surface area contributed by atoms with E-state index in [-0.39, 0.29) is 47.8 Å². The Hall–Kier alpha value is -6.47. The van der Waals surface area contributed by atoms with Crippen molar-refractivity contribution in [3.8, 4) is 11.5 Å². The summed E-state index contributed by atoms with van der Waals surface area (Å²) in [5.41, 5.74) is 5.47. The van der Waals surface area contributed by atoms with E-state index in [9.17, 15) is 39.4 Å². The number of amides is 1. The van der Waals surface area contributed by atoms with Crippen LogP contribution in [0.2, 0.25) is 0 Å². The molecule has 4 rings (SSSR count). The standard InChI is InChI=1S/C22H26N2O7.C15H23NO3.C7H4ClNO4/c1-15(31-22(2,3)4)19(20(25)29-14-16-8-6-5-7-9-16)23-21(26)30-18-12-10-17(11-13-18)24(27)28;1-11(19-15(2,3)4)13(16)14(17)18-10-12-8-6-5-7-9-12;8-7(10)13-6-3-1-5(2-4-6)9(11)12/h5-13,15,19H,14H2,1-4H3,(H,23,26);5-9,11,13H,10,16H2,1-4H3;1-4H. The second-order valence-corrected chi connectivity index (χ2v) is 15.7. The molecule has 0 spiro atoms. The quantitative estimate of drug-likeness (QED) is 0.0491. The number of hydrogen-bond acceptors (Lipinski definition) is 15. The predicted molar refractivity (Wildman–Crippen MR) is 232 cm³/mol. The van der Waals surface area contributed by atoms with E-state index in [1.165, 1.54) is 48.5 Å². The molecule has 4 aromatic rings. The summed E-state index contributed by atoms with van der Waals surface area (Å²) in [6.07, 6.45) is -2.02. The zero-order valence-corrected chi connectivity index (χ0v) is 36.9. The maximum Gasteiger partial charge on any atom is 0.413 e. The number of hydrogen-bond donors (Lipinski definition) is 2. The molecule has 4 unspecified atom stereocenters. The van der Waals surface area contributed by atoms with Gasteiger partial charge >= 0.3 is 23.5 Å². The minimum Gasteiger partial charge on any atom is -0.460 e. The molecule has 0 heterocycles. The largest absolute Gasteiger partial charge is 0.460 e. The molecule has 4 atom stereocenters. The van der Waals surface area contributed by atoms with Crippen LogP contribution in [0.1, 0.15) is 66.5 Å².